The molecule has 0 amide bonds. The van der Waals surface area contributed by atoms with Gasteiger partial charge in [0, 0.05) is 7.11 Å². The molecule has 1 heteroatoms. The molecule has 0 atom stereocenters. The zero-order valence-electron chi connectivity index (χ0n) is 13.4. The average Bonchev–Trinajstić information content (AvgIpc) is 2.44. The van der Waals surface area contributed by atoms with Crippen LogP contribution in [0.1, 0.15) is 46.5 Å². The van der Waals surface area contributed by atoms with Crippen LogP contribution in [0, 0.1) is 0 Å². The molecule has 0 aromatic heterocycles. The van der Waals surface area contributed by atoms with Gasteiger partial charge in [0.05, 0.1) is 6.61 Å². The van der Waals surface area contributed by atoms with Gasteiger partial charge in [0.15, 0.2) is 0 Å². The maximum absolute atomic E-state index is 5.01. The van der Waals surface area contributed by atoms with Crippen LogP contribution >= 0.6 is 0 Å². The third-order valence-electron chi connectivity index (χ3n) is 3.63. The lowest BCUT2D eigenvalue weighted by molar-refractivity contribution is 0.233. The van der Waals surface area contributed by atoms with Gasteiger partial charge in [0.25, 0.3) is 0 Å². The zero-order valence-corrected chi connectivity index (χ0v) is 13.4. The van der Waals surface area contributed by atoms with Crippen molar-refractivity contribution in [3.8, 4) is 0 Å². The Bertz CT molecular complexity index is 444. The second-order valence-electron chi connectivity index (χ2n) is 5.52. The first-order chi connectivity index (χ1) is 9.63. The molecule has 20 heavy (non-hydrogen) atoms. The fourth-order valence-electron chi connectivity index (χ4n) is 2.23. The molecular formula is C19H28O. The van der Waals surface area contributed by atoms with Gasteiger partial charge >= 0.3 is 0 Å². The summed E-state index contributed by atoms with van der Waals surface area (Å²) in [5.41, 5.74) is 5.61. The molecule has 0 radical (unpaired) electrons. The van der Waals surface area contributed by atoms with E-state index in [4.69, 9.17) is 4.74 Å². The Balaban J connectivity index is 2.55. The summed E-state index contributed by atoms with van der Waals surface area (Å²) in [6.45, 7) is 7.17. The van der Waals surface area contributed by atoms with Crippen LogP contribution in [0.5, 0.6) is 0 Å². The first kappa shape index (κ1) is 16.7. The molecule has 0 saturated heterocycles. The Morgan fingerprint density at radius 3 is 2.55 bits per heavy atom. The number of methoxy groups -OCH3 is 1. The van der Waals surface area contributed by atoms with Crippen LogP contribution in [0.4, 0.5) is 0 Å². The van der Waals surface area contributed by atoms with Crippen LogP contribution in [0.15, 0.2) is 58.7 Å². The zero-order chi connectivity index (χ0) is 14.8. The molecule has 0 aliphatic heterocycles. The smallest absolute Gasteiger partial charge is 0.0649 e. The van der Waals surface area contributed by atoms with Gasteiger partial charge < -0.3 is 4.74 Å². The average molecular weight is 272 g/mol. The summed E-state index contributed by atoms with van der Waals surface area (Å²) < 4.78 is 5.01. The predicted molar refractivity (Wildman–Crippen MR) is 88.8 cm³/mol. The highest BCUT2D eigenvalue weighted by molar-refractivity contribution is 5.33. The monoisotopic (exact) mass is 272 g/mol. The Kier molecular flexibility index (Phi) is 7.98. The lowest BCUT2D eigenvalue weighted by Crippen LogP contribution is -1.94. The van der Waals surface area contributed by atoms with Crippen LogP contribution in [0.3, 0.4) is 0 Å². The number of hydrogen-bond donors (Lipinski definition) is 0. The quantitative estimate of drug-likeness (QED) is 0.578. The molecule has 0 bridgehead atoms. The normalized spacial score (nSPS) is 18.6. The lowest BCUT2D eigenvalue weighted by Gasteiger charge is -2.14. The highest BCUT2D eigenvalue weighted by atomic mass is 16.5. The van der Waals surface area contributed by atoms with E-state index in [1.54, 1.807) is 12.7 Å². The van der Waals surface area contributed by atoms with E-state index in [1.807, 2.05) is 0 Å². The molecule has 0 fully saturated rings. The van der Waals surface area contributed by atoms with Gasteiger partial charge in [0.1, 0.15) is 0 Å². The second kappa shape index (κ2) is 9.55. The summed E-state index contributed by atoms with van der Waals surface area (Å²) in [6.07, 6.45) is 18.2. The van der Waals surface area contributed by atoms with E-state index in [-0.39, 0.29) is 0 Å². The highest BCUT2D eigenvalue weighted by Gasteiger charge is 2.05. The first-order valence-corrected chi connectivity index (χ1v) is 7.51. The summed E-state index contributed by atoms with van der Waals surface area (Å²) in [4.78, 5) is 0. The fourth-order valence-corrected chi connectivity index (χ4v) is 2.23. The number of rotatable bonds is 6. The summed E-state index contributed by atoms with van der Waals surface area (Å²) in [6, 6.07) is 0. The van der Waals surface area contributed by atoms with Crippen molar-refractivity contribution in [2.24, 2.45) is 0 Å². The Morgan fingerprint density at radius 1 is 1.10 bits per heavy atom. The van der Waals surface area contributed by atoms with Gasteiger partial charge in [-0.3, -0.25) is 0 Å². The molecule has 0 heterocycles. The van der Waals surface area contributed by atoms with Gasteiger partial charge in [-0.1, -0.05) is 53.2 Å². The topological polar surface area (TPSA) is 9.23 Å². The molecule has 0 aromatic rings. The maximum atomic E-state index is 5.01. The fraction of sp³-hybridized carbons (Fsp3) is 0.474. The number of hydrogen-bond acceptors (Lipinski definition) is 1. The summed E-state index contributed by atoms with van der Waals surface area (Å²) in [7, 11) is 1.71. The maximum Gasteiger partial charge on any atom is 0.0649 e. The molecular weight excluding hydrogens is 244 g/mol. The van der Waals surface area contributed by atoms with Crippen LogP contribution in [0.2, 0.25) is 0 Å². The van der Waals surface area contributed by atoms with Gasteiger partial charge in [-0.25, -0.2) is 0 Å². The minimum Gasteiger partial charge on any atom is -0.381 e. The minimum atomic E-state index is 0.673. The van der Waals surface area contributed by atoms with Gasteiger partial charge in [-0.15, -0.1) is 0 Å². The van der Waals surface area contributed by atoms with Crippen molar-refractivity contribution in [3.05, 3.63) is 58.7 Å². The Hall–Kier alpha value is -1.34. The van der Waals surface area contributed by atoms with Crippen molar-refractivity contribution >= 4 is 0 Å². The van der Waals surface area contributed by atoms with E-state index in [0.29, 0.717) is 6.61 Å². The molecule has 0 spiro atoms. The Labute approximate surface area is 124 Å². The Morgan fingerprint density at radius 2 is 1.85 bits per heavy atom. The van der Waals surface area contributed by atoms with Crippen LogP contribution < -0.4 is 0 Å². The molecule has 110 valence electrons. The van der Waals surface area contributed by atoms with E-state index >= 15 is 0 Å². The van der Waals surface area contributed by atoms with E-state index in [2.05, 4.69) is 57.2 Å². The highest BCUT2D eigenvalue weighted by Crippen LogP contribution is 2.25. The van der Waals surface area contributed by atoms with E-state index in [0.717, 1.165) is 0 Å². The van der Waals surface area contributed by atoms with Crippen molar-refractivity contribution in [3.63, 3.8) is 0 Å². The van der Waals surface area contributed by atoms with Crippen LogP contribution in [-0.2, 0) is 4.74 Å². The van der Waals surface area contributed by atoms with Crippen molar-refractivity contribution in [2.75, 3.05) is 13.7 Å². The van der Waals surface area contributed by atoms with E-state index in [9.17, 15) is 0 Å². The van der Waals surface area contributed by atoms with Gasteiger partial charge in [-0.2, -0.15) is 0 Å². The minimum absolute atomic E-state index is 0.673. The van der Waals surface area contributed by atoms with Crippen molar-refractivity contribution < 1.29 is 4.74 Å². The van der Waals surface area contributed by atoms with E-state index < -0.39 is 0 Å². The first-order valence-electron chi connectivity index (χ1n) is 7.51. The molecule has 1 rings (SSSR count). The molecule has 1 nitrogen and oxygen atoms in total. The lowest BCUT2D eigenvalue weighted by atomic mass is 9.92. The van der Waals surface area contributed by atoms with Gasteiger partial charge in [0.2, 0.25) is 0 Å². The third-order valence-corrected chi connectivity index (χ3v) is 3.63. The van der Waals surface area contributed by atoms with E-state index in [1.165, 1.54) is 42.4 Å². The number of ether oxygens (including phenoxy) is 1. The summed E-state index contributed by atoms with van der Waals surface area (Å²) in [5.74, 6) is 0. The molecule has 1 aliphatic rings. The standard InChI is InChI=1S/C19H28O/c1-16(8-7-9-17(2)14-15-20-4)12-13-19-11-6-5-10-18(19)3/h7-9,12-14H,5-6,10-11,15H2,1-4H3/b9-7+,13-12+,16-8+,17-14+. The van der Waals surface area contributed by atoms with Crippen molar-refractivity contribution in [2.45, 2.75) is 46.5 Å². The molecule has 1 aliphatic carbocycles. The third kappa shape index (κ3) is 6.72. The summed E-state index contributed by atoms with van der Waals surface area (Å²) in [5, 5.41) is 0. The molecule has 0 N–H and O–H groups in total. The largest absolute Gasteiger partial charge is 0.381 e. The van der Waals surface area contributed by atoms with Crippen LogP contribution in [-0.4, -0.2) is 13.7 Å². The van der Waals surface area contributed by atoms with Crippen molar-refractivity contribution in [1.82, 2.24) is 0 Å². The predicted octanol–water partition coefficient (Wildman–Crippen LogP) is 5.53. The number of allylic oxidation sites excluding steroid dienone is 9. The SMILES string of the molecule is COC/C=C(C)/C=C/C=C(C)/C=C/C1=C(C)CCCC1. The molecule has 0 saturated carbocycles. The van der Waals surface area contributed by atoms with Gasteiger partial charge in [-0.05, 0) is 52.0 Å². The second-order valence-corrected chi connectivity index (χ2v) is 5.52. The van der Waals surface area contributed by atoms with Crippen LogP contribution in [0.25, 0.3) is 0 Å². The molecule has 0 aromatic carbocycles. The molecule has 0 unspecified atom stereocenters. The van der Waals surface area contributed by atoms with Crippen molar-refractivity contribution in [1.29, 1.82) is 0 Å². The summed E-state index contributed by atoms with van der Waals surface area (Å²) >= 11 is 0.